The quantitative estimate of drug-likeness (QED) is 0.711. The molecule has 132 valence electrons. The zero-order chi connectivity index (χ0) is 17.6. The highest BCUT2D eigenvalue weighted by atomic mass is 16.5. The van der Waals surface area contributed by atoms with Gasteiger partial charge in [0.2, 0.25) is 0 Å². The van der Waals surface area contributed by atoms with Crippen LogP contribution in [0.4, 0.5) is 5.69 Å². The lowest BCUT2D eigenvalue weighted by Gasteiger charge is -2.16. The second kappa shape index (κ2) is 7.97. The number of anilines is 1. The van der Waals surface area contributed by atoms with Gasteiger partial charge in [-0.1, -0.05) is 30.3 Å². The lowest BCUT2D eigenvalue weighted by Crippen LogP contribution is -2.06. The molecule has 0 fully saturated rings. The fourth-order valence-electron chi connectivity index (χ4n) is 3.49. The van der Waals surface area contributed by atoms with E-state index in [4.69, 9.17) is 14.2 Å². The van der Waals surface area contributed by atoms with Crippen molar-refractivity contribution < 1.29 is 14.2 Å². The highest BCUT2D eigenvalue weighted by Gasteiger charge is 2.35. The van der Waals surface area contributed by atoms with E-state index in [1.807, 2.05) is 30.3 Å². The lowest BCUT2D eigenvalue weighted by atomic mass is 9.94. The van der Waals surface area contributed by atoms with Crippen LogP contribution in [-0.2, 0) is 9.47 Å². The Labute approximate surface area is 149 Å². The summed E-state index contributed by atoms with van der Waals surface area (Å²) < 4.78 is 16.9. The molecule has 1 atom stereocenters. The zero-order valence-corrected chi connectivity index (χ0v) is 15.0. The number of fused-ring (bicyclic) bond motifs is 1. The van der Waals surface area contributed by atoms with Crippen LogP contribution < -0.4 is 10.1 Å². The number of nitrogens with one attached hydrogen (secondary N) is 1. The van der Waals surface area contributed by atoms with Gasteiger partial charge >= 0.3 is 0 Å². The molecule has 1 N–H and O–H groups in total. The third-order valence-corrected chi connectivity index (χ3v) is 4.62. The first-order valence-corrected chi connectivity index (χ1v) is 8.58. The topological polar surface area (TPSA) is 39.7 Å². The molecule has 0 heterocycles. The summed E-state index contributed by atoms with van der Waals surface area (Å²) in [5.41, 5.74) is 3.38. The SMILES string of the molecule is COC1=C(OC)C(CCCNc2ccccc2)c2cccc(OC)c21. The summed E-state index contributed by atoms with van der Waals surface area (Å²) in [7, 11) is 5.08. The Morgan fingerprint density at radius 2 is 1.68 bits per heavy atom. The first-order valence-electron chi connectivity index (χ1n) is 8.58. The fraction of sp³-hybridized carbons (Fsp3) is 0.333. The van der Waals surface area contributed by atoms with Crippen molar-refractivity contribution in [1.82, 2.24) is 0 Å². The largest absolute Gasteiger partial charge is 0.497 e. The van der Waals surface area contributed by atoms with Crippen molar-refractivity contribution in [2.75, 3.05) is 33.2 Å². The highest BCUT2D eigenvalue weighted by molar-refractivity contribution is 5.77. The molecule has 0 spiro atoms. The van der Waals surface area contributed by atoms with E-state index in [1.165, 1.54) is 5.56 Å². The van der Waals surface area contributed by atoms with Gasteiger partial charge in [-0.25, -0.2) is 0 Å². The van der Waals surface area contributed by atoms with Gasteiger partial charge in [-0.3, -0.25) is 0 Å². The van der Waals surface area contributed by atoms with Crippen molar-refractivity contribution in [3.05, 3.63) is 65.4 Å². The second-order valence-corrected chi connectivity index (χ2v) is 6.01. The summed E-state index contributed by atoms with van der Waals surface area (Å²) in [5, 5.41) is 3.46. The number of hydrogen-bond acceptors (Lipinski definition) is 4. The Balaban J connectivity index is 1.74. The molecule has 2 aromatic carbocycles. The van der Waals surface area contributed by atoms with E-state index < -0.39 is 0 Å². The molecule has 0 amide bonds. The van der Waals surface area contributed by atoms with E-state index in [2.05, 4.69) is 23.5 Å². The average Bonchev–Trinajstić information content (AvgIpc) is 2.98. The molecular formula is C21H25NO3. The number of ether oxygens (including phenoxy) is 3. The van der Waals surface area contributed by atoms with E-state index in [0.29, 0.717) is 0 Å². The Morgan fingerprint density at radius 1 is 0.880 bits per heavy atom. The number of methoxy groups -OCH3 is 3. The predicted molar refractivity (Wildman–Crippen MR) is 101 cm³/mol. The van der Waals surface area contributed by atoms with E-state index >= 15 is 0 Å². The summed E-state index contributed by atoms with van der Waals surface area (Å²) in [6.07, 6.45) is 2.01. The summed E-state index contributed by atoms with van der Waals surface area (Å²) in [5.74, 6) is 2.70. The van der Waals surface area contributed by atoms with Gasteiger partial charge in [0.25, 0.3) is 0 Å². The van der Waals surface area contributed by atoms with Crippen LogP contribution in [0.2, 0.25) is 0 Å². The molecule has 2 aromatic rings. The molecule has 1 unspecified atom stereocenters. The monoisotopic (exact) mass is 339 g/mol. The van der Waals surface area contributed by atoms with Crippen LogP contribution >= 0.6 is 0 Å². The molecular weight excluding hydrogens is 314 g/mol. The Morgan fingerprint density at radius 3 is 2.36 bits per heavy atom. The van der Waals surface area contributed by atoms with Crippen LogP contribution in [0, 0.1) is 0 Å². The smallest absolute Gasteiger partial charge is 0.168 e. The van der Waals surface area contributed by atoms with Crippen molar-refractivity contribution in [1.29, 1.82) is 0 Å². The Hall–Kier alpha value is -2.62. The molecule has 25 heavy (non-hydrogen) atoms. The zero-order valence-electron chi connectivity index (χ0n) is 15.0. The maximum Gasteiger partial charge on any atom is 0.168 e. The second-order valence-electron chi connectivity index (χ2n) is 6.01. The molecule has 0 saturated heterocycles. The summed E-state index contributed by atoms with van der Waals surface area (Å²) in [4.78, 5) is 0. The standard InChI is InChI=1S/C21H25NO3/c1-23-18-13-7-11-16-17(20(24-2)21(25-3)19(16)18)12-8-14-22-15-9-5-4-6-10-15/h4-7,9-11,13,17,22H,8,12,14H2,1-3H3. The molecule has 3 rings (SSSR count). The number of para-hydroxylation sites is 1. The normalized spacial score (nSPS) is 15.7. The van der Waals surface area contributed by atoms with E-state index in [9.17, 15) is 0 Å². The van der Waals surface area contributed by atoms with Gasteiger partial charge in [-0.15, -0.1) is 0 Å². The highest BCUT2D eigenvalue weighted by Crippen LogP contribution is 2.48. The number of allylic oxidation sites excluding steroid dienone is 1. The minimum Gasteiger partial charge on any atom is -0.497 e. The number of benzene rings is 2. The van der Waals surface area contributed by atoms with Gasteiger partial charge in [0.15, 0.2) is 5.76 Å². The molecule has 0 radical (unpaired) electrons. The molecule has 0 saturated carbocycles. The molecule has 4 heteroatoms. The maximum atomic E-state index is 5.70. The van der Waals surface area contributed by atoms with Crippen LogP contribution in [0.5, 0.6) is 5.75 Å². The van der Waals surface area contributed by atoms with Gasteiger partial charge in [0, 0.05) is 18.2 Å². The van der Waals surface area contributed by atoms with E-state index in [1.54, 1.807) is 21.3 Å². The molecule has 4 nitrogen and oxygen atoms in total. The van der Waals surface area contributed by atoms with Crippen LogP contribution in [0.3, 0.4) is 0 Å². The van der Waals surface area contributed by atoms with Crippen LogP contribution in [-0.4, -0.2) is 27.9 Å². The lowest BCUT2D eigenvalue weighted by molar-refractivity contribution is 0.245. The first kappa shape index (κ1) is 17.2. The molecule has 1 aliphatic rings. The first-order chi connectivity index (χ1) is 12.3. The van der Waals surface area contributed by atoms with Gasteiger partial charge in [0.1, 0.15) is 11.5 Å². The van der Waals surface area contributed by atoms with Gasteiger partial charge in [-0.2, -0.15) is 0 Å². The molecule has 0 aliphatic heterocycles. The maximum absolute atomic E-state index is 5.70. The minimum atomic E-state index is 0.197. The van der Waals surface area contributed by atoms with Crippen LogP contribution in [0.1, 0.15) is 29.9 Å². The summed E-state index contributed by atoms with van der Waals surface area (Å²) >= 11 is 0. The van der Waals surface area contributed by atoms with Gasteiger partial charge < -0.3 is 19.5 Å². The van der Waals surface area contributed by atoms with Crippen molar-refractivity contribution >= 4 is 11.4 Å². The van der Waals surface area contributed by atoms with Crippen LogP contribution in [0.15, 0.2) is 54.3 Å². The summed E-state index contributed by atoms with van der Waals surface area (Å²) in [6.45, 7) is 0.916. The van der Waals surface area contributed by atoms with E-state index in [0.717, 1.165) is 47.9 Å². The van der Waals surface area contributed by atoms with Gasteiger partial charge in [0.05, 0.1) is 26.9 Å². The Kier molecular flexibility index (Phi) is 5.49. The molecule has 1 aliphatic carbocycles. The third kappa shape index (κ3) is 3.43. The molecule has 0 aromatic heterocycles. The average molecular weight is 339 g/mol. The van der Waals surface area contributed by atoms with Crippen LogP contribution in [0.25, 0.3) is 5.76 Å². The van der Waals surface area contributed by atoms with Crippen molar-refractivity contribution in [3.63, 3.8) is 0 Å². The molecule has 0 bridgehead atoms. The van der Waals surface area contributed by atoms with E-state index in [-0.39, 0.29) is 5.92 Å². The third-order valence-electron chi connectivity index (χ3n) is 4.62. The minimum absolute atomic E-state index is 0.197. The van der Waals surface area contributed by atoms with Crippen molar-refractivity contribution in [2.24, 2.45) is 0 Å². The summed E-state index contributed by atoms with van der Waals surface area (Å²) in [6, 6.07) is 16.4. The number of rotatable bonds is 8. The Bertz CT molecular complexity index is 740. The predicted octanol–water partition coefficient (Wildman–Crippen LogP) is 4.65. The fourth-order valence-corrected chi connectivity index (χ4v) is 3.49. The number of hydrogen-bond donors (Lipinski definition) is 1. The van der Waals surface area contributed by atoms with Gasteiger partial charge in [-0.05, 0) is 36.6 Å². The van der Waals surface area contributed by atoms with Crippen molar-refractivity contribution in [3.8, 4) is 5.75 Å². The van der Waals surface area contributed by atoms with Crippen molar-refractivity contribution in [2.45, 2.75) is 18.8 Å².